The molecule has 0 aliphatic heterocycles. The Labute approximate surface area is 209 Å². The van der Waals surface area contributed by atoms with E-state index in [1.165, 1.54) is 74.1 Å². The topological polar surface area (TPSA) is 154 Å². The number of carbonyl (C=O) groups excluding carboxylic acids is 1. The van der Waals surface area contributed by atoms with Crippen LogP contribution in [0.1, 0.15) is 15.9 Å². The number of methoxy groups -OCH3 is 1. The van der Waals surface area contributed by atoms with E-state index in [4.69, 9.17) is 16.3 Å². The Hall–Kier alpha value is -4.42. The van der Waals surface area contributed by atoms with Crippen LogP contribution in [0.15, 0.2) is 78.0 Å². The second-order valence-electron chi connectivity index (χ2n) is 7.41. The highest BCUT2D eigenvalue weighted by Gasteiger charge is 2.24. The number of nitro benzene ring substituents is 1. The summed E-state index contributed by atoms with van der Waals surface area (Å²) in [6.45, 7) is 0. The van der Waals surface area contributed by atoms with Gasteiger partial charge in [-0.25, -0.2) is 13.1 Å². The maximum atomic E-state index is 12.9. The highest BCUT2D eigenvalue weighted by Crippen LogP contribution is 2.29. The Morgan fingerprint density at radius 1 is 1.14 bits per heavy atom. The molecule has 36 heavy (non-hydrogen) atoms. The Morgan fingerprint density at radius 3 is 2.53 bits per heavy atom. The number of anilines is 1. The molecule has 0 spiro atoms. The molecule has 0 amide bonds. The number of halogens is 1. The fourth-order valence-corrected chi connectivity index (χ4v) is 4.50. The molecule has 11 nitrogen and oxygen atoms in total. The van der Waals surface area contributed by atoms with Crippen molar-refractivity contribution >= 4 is 38.8 Å². The first kappa shape index (κ1) is 24.7. The molecule has 13 heteroatoms. The first-order valence-corrected chi connectivity index (χ1v) is 12.0. The van der Waals surface area contributed by atoms with Crippen LogP contribution in [-0.2, 0) is 10.0 Å². The number of sulfonamides is 1. The third-order valence-electron chi connectivity index (χ3n) is 5.09. The quantitative estimate of drug-likeness (QED) is 0.196. The Kier molecular flexibility index (Phi) is 6.64. The lowest BCUT2D eigenvalue weighted by atomic mass is 10.1. The van der Waals surface area contributed by atoms with Crippen molar-refractivity contribution in [1.82, 2.24) is 9.78 Å². The molecule has 3 aromatic carbocycles. The smallest absolute Gasteiger partial charge is 0.296 e. The predicted molar refractivity (Wildman–Crippen MR) is 131 cm³/mol. The van der Waals surface area contributed by atoms with E-state index in [2.05, 4.69) is 9.82 Å². The number of phenolic OH excluding ortho intramolecular Hbond substituents is 1. The minimum absolute atomic E-state index is 0.0361. The van der Waals surface area contributed by atoms with Gasteiger partial charge in [-0.3, -0.25) is 19.6 Å². The molecule has 2 N–H and O–H groups in total. The van der Waals surface area contributed by atoms with Crippen molar-refractivity contribution in [1.29, 1.82) is 0 Å². The number of aromatic hydroxyl groups is 1. The minimum atomic E-state index is -4.16. The van der Waals surface area contributed by atoms with Crippen molar-refractivity contribution in [3.05, 3.63) is 99.3 Å². The van der Waals surface area contributed by atoms with E-state index in [1.54, 1.807) is 0 Å². The molecular weight excluding hydrogens is 512 g/mol. The van der Waals surface area contributed by atoms with E-state index in [0.717, 1.165) is 10.7 Å². The number of carbonyl (C=O) groups is 1. The second-order valence-corrected chi connectivity index (χ2v) is 9.52. The maximum Gasteiger partial charge on any atom is 0.296 e. The zero-order valence-electron chi connectivity index (χ0n) is 18.5. The summed E-state index contributed by atoms with van der Waals surface area (Å²) in [6.07, 6.45) is 2.42. The normalized spacial score (nSPS) is 11.2. The molecule has 184 valence electrons. The monoisotopic (exact) mass is 528 g/mol. The molecule has 0 fully saturated rings. The summed E-state index contributed by atoms with van der Waals surface area (Å²) in [7, 11) is -2.75. The number of nitro groups is 1. The van der Waals surface area contributed by atoms with Gasteiger partial charge in [-0.15, -0.1) is 0 Å². The number of nitrogens with one attached hydrogen (secondary N) is 1. The number of ketones is 1. The summed E-state index contributed by atoms with van der Waals surface area (Å²) >= 11 is 5.81. The van der Waals surface area contributed by atoms with Gasteiger partial charge in [0.25, 0.3) is 15.7 Å². The van der Waals surface area contributed by atoms with Gasteiger partial charge in [0, 0.05) is 23.0 Å². The van der Waals surface area contributed by atoms with Crippen molar-refractivity contribution in [3.63, 3.8) is 0 Å². The molecule has 1 aromatic heterocycles. The lowest BCUT2D eigenvalue weighted by Crippen LogP contribution is -2.13. The number of hydrogen-bond donors (Lipinski definition) is 2. The van der Waals surface area contributed by atoms with Crippen LogP contribution < -0.4 is 9.46 Å². The minimum Gasteiger partial charge on any atom is -0.507 e. The van der Waals surface area contributed by atoms with Crippen molar-refractivity contribution in [3.8, 4) is 17.2 Å². The van der Waals surface area contributed by atoms with Crippen LogP contribution in [0.3, 0.4) is 0 Å². The van der Waals surface area contributed by atoms with Gasteiger partial charge >= 0.3 is 0 Å². The fourth-order valence-electron chi connectivity index (χ4n) is 3.29. The zero-order valence-corrected chi connectivity index (χ0v) is 20.0. The molecule has 0 aliphatic carbocycles. The number of ether oxygens (including phenoxy) is 1. The number of phenols is 1. The van der Waals surface area contributed by atoms with Crippen LogP contribution in [0.5, 0.6) is 11.5 Å². The molecule has 0 atom stereocenters. The largest absolute Gasteiger partial charge is 0.507 e. The maximum absolute atomic E-state index is 12.9. The molecule has 4 rings (SSSR count). The van der Waals surface area contributed by atoms with Crippen molar-refractivity contribution in [2.75, 3.05) is 11.8 Å². The van der Waals surface area contributed by atoms with E-state index >= 15 is 0 Å². The van der Waals surface area contributed by atoms with Gasteiger partial charge in [0.15, 0.2) is 5.78 Å². The van der Waals surface area contributed by atoms with Crippen molar-refractivity contribution in [2.45, 2.75) is 4.90 Å². The molecule has 0 bridgehead atoms. The van der Waals surface area contributed by atoms with Gasteiger partial charge in [0.05, 0.1) is 34.3 Å². The van der Waals surface area contributed by atoms with Gasteiger partial charge in [0.1, 0.15) is 17.2 Å². The number of aromatic nitrogens is 2. The Bertz CT molecular complexity index is 1580. The van der Waals surface area contributed by atoms with Crippen molar-refractivity contribution in [2.24, 2.45) is 0 Å². The third-order valence-corrected chi connectivity index (χ3v) is 6.72. The van der Waals surface area contributed by atoms with E-state index in [0.29, 0.717) is 10.8 Å². The SMILES string of the molecule is COc1ccc(O)c(C(=O)c2cnn(-c3ccc(S(=O)(=O)Nc4ccc(Cl)cc4)cc3[N+](=O)[O-])c2)c1. The van der Waals surface area contributed by atoms with E-state index in [1.807, 2.05) is 0 Å². The van der Waals surface area contributed by atoms with Gasteiger partial charge in [-0.1, -0.05) is 11.6 Å². The average Bonchev–Trinajstić information content (AvgIpc) is 3.35. The summed E-state index contributed by atoms with van der Waals surface area (Å²) in [5, 5.41) is 26.3. The lowest BCUT2D eigenvalue weighted by molar-refractivity contribution is -0.384. The van der Waals surface area contributed by atoms with Gasteiger partial charge in [-0.05, 0) is 54.6 Å². The first-order chi connectivity index (χ1) is 17.1. The number of rotatable bonds is 8. The van der Waals surface area contributed by atoms with Crippen LogP contribution in [-0.4, -0.2) is 41.1 Å². The average molecular weight is 529 g/mol. The van der Waals surface area contributed by atoms with Gasteiger partial charge in [0.2, 0.25) is 0 Å². The summed E-state index contributed by atoms with van der Waals surface area (Å²) in [4.78, 5) is 23.5. The van der Waals surface area contributed by atoms with Crippen LogP contribution in [0, 0.1) is 10.1 Å². The summed E-state index contributed by atoms with van der Waals surface area (Å²) < 4.78 is 34.0. The molecule has 1 heterocycles. The Balaban J connectivity index is 1.67. The highest BCUT2D eigenvalue weighted by atomic mass is 35.5. The summed E-state index contributed by atoms with van der Waals surface area (Å²) in [5.74, 6) is -0.517. The van der Waals surface area contributed by atoms with Gasteiger partial charge < -0.3 is 9.84 Å². The van der Waals surface area contributed by atoms with Crippen LogP contribution in [0.2, 0.25) is 5.02 Å². The fraction of sp³-hybridized carbons (Fsp3) is 0.0435. The number of nitrogens with zero attached hydrogens (tertiary/aromatic N) is 3. The zero-order chi connectivity index (χ0) is 26.0. The van der Waals surface area contributed by atoms with Crippen LogP contribution in [0.4, 0.5) is 11.4 Å². The van der Waals surface area contributed by atoms with Crippen LogP contribution >= 0.6 is 11.6 Å². The standard InChI is InChI=1S/C23H17ClN4O7S/c1-35-17-6-9-22(29)19(10-17)23(30)14-12-25-27(13-14)20-8-7-18(11-21(20)28(31)32)36(33,34)26-16-4-2-15(24)3-5-16/h2-13,26,29H,1H3. The van der Waals surface area contributed by atoms with Gasteiger partial charge in [-0.2, -0.15) is 5.10 Å². The molecule has 0 radical (unpaired) electrons. The van der Waals surface area contributed by atoms with Crippen molar-refractivity contribution < 1.29 is 28.0 Å². The van der Waals surface area contributed by atoms with E-state index in [-0.39, 0.29) is 33.1 Å². The molecule has 0 unspecified atom stereocenters. The van der Waals surface area contributed by atoms with Crippen LogP contribution in [0.25, 0.3) is 5.69 Å². The third kappa shape index (κ3) is 4.99. The van der Waals surface area contributed by atoms with E-state index < -0.39 is 26.4 Å². The summed E-state index contributed by atoms with van der Waals surface area (Å²) in [5.41, 5.74) is -0.408. The molecule has 0 aliphatic rings. The highest BCUT2D eigenvalue weighted by molar-refractivity contribution is 7.92. The Morgan fingerprint density at radius 2 is 1.86 bits per heavy atom. The lowest BCUT2D eigenvalue weighted by Gasteiger charge is -2.10. The number of hydrogen-bond acceptors (Lipinski definition) is 8. The second kappa shape index (κ2) is 9.68. The molecular formula is C23H17ClN4O7S. The summed E-state index contributed by atoms with van der Waals surface area (Å²) in [6, 6.07) is 13.3. The molecule has 0 saturated carbocycles. The predicted octanol–water partition coefficient (Wildman–Crippen LogP) is 4.18. The van der Waals surface area contributed by atoms with E-state index in [9.17, 15) is 28.4 Å². The first-order valence-electron chi connectivity index (χ1n) is 10.1. The molecule has 0 saturated heterocycles. The number of benzene rings is 3. The molecule has 4 aromatic rings.